The van der Waals surface area contributed by atoms with Crippen LogP contribution < -0.4 is 5.32 Å². The minimum Gasteiger partial charge on any atom is -0.369 e. The Balaban J connectivity index is 1.70. The summed E-state index contributed by atoms with van der Waals surface area (Å²) < 4.78 is 5.37. The van der Waals surface area contributed by atoms with Gasteiger partial charge >= 0.3 is 0 Å². The Morgan fingerprint density at radius 3 is 3.06 bits per heavy atom. The molecule has 3 rings (SSSR count). The highest BCUT2D eigenvalue weighted by Gasteiger charge is 2.02. The lowest BCUT2D eigenvalue weighted by Crippen LogP contribution is -2.05. The zero-order valence-electron chi connectivity index (χ0n) is 9.09. The average molecular weight is 261 g/mol. The fraction of sp³-hybridized carbons (Fsp3) is 0.167. The lowest BCUT2D eigenvalue weighted by atomic mass is 10.3. The van der Waals surface area contributed by atoms with Gasteiger partial charge in [0.2, 0.25) is 0 Å². The Hall–Kier alpha value is -1.46. The molecule has 0 saturated heterocycles. The lowest BCUT2D eigenvalue weighted by Gasteiger charge is -2.05. The molecule has 3 aromatic heterocycles. The lowest BCUT2D eigenvalue weighted by molar-refractivity contribution is 1.03. The summed E-state index contributed by atoms with van der Waals surface area (Å²) in [6.07, 6.45) is 4.69. The van der Waals surface area contributed by atoms with Gasteiger partial charge in [0.25, 0.3) is 0 Å². The maximum Gasteiger partial charge on any atom is 0.134 e. The predicted octanol–water partition coefficient (Wildman–Crippen LogP) is 3.41. The van der Waals surface area contributed by atoms with Crippen LogP contribution in [-0.4, -0.2) is 15.9 Å². The average Bonchev–Trinajstić information content (AvgIpc) is 2.99. The van der Waals surface area contributed by atoms with Crippen molar-refractivity contribution in [3.05, 3.63) is 40.8 Å². The first-order valence-electron chi connectivity index (χ1n) is 5.39. The molecule has 0 saturated carbocycles. The molecule has 5 heteroatoms. The first-order valence-corrected chi connectivity index (χ1v) is 7.04. The summed E-state index contributed by atoms with van der Waals surface area (Å²) in [6.45, 7) is 0.893. The van der Waals surface area contributed by atoms with Crippen LogP contribution in [0.4, 0.5) is 5.82 Å². The van der Waals surface area contributed by atoms with Crippen molar-refractivity contribution in [1.29, 1.82) is 0 Å². The fourth-order valence-corrected chi connectivity index (χ4v) is 3.06. The molecule has 3 heterocycles. The van der Waals surface area contributed by atoms with Crippen LogP contribution in [0, 0.1) is 0 Å². The largest absolute Gasteiger partial charge is 0.369 e. The van der Waals surface area contributed by atoms with Crippen molar-refractivity contribution < 1.29 is 0 Å². The number of aromatic nitrogens is 2. The molecule has 0 aliphatic rings. The maximum atomic E-state index is 4.38. The van der Waals surface area contributed by atoms with Gasteiger partial charge < -0.3 is 5.32 Å². The molecule has 1 N–H and O–H groups in total. The highest BCUT2D eigenvalue weighted by molar-refractivity contribution is 7.17. The van der Waals surface area contributed by atoms with Crippen LogP contribution in [0.25, 0.3) is 10.1 Å². The molecular formula is C12H11N3S2. The topological polar surface area (TPSA) is 37.8 Å². The van der Waals surface area contributed by atoms with Gasteiger partial charge in [-0.3, -0.25) is 0 Å². The molecule has 0 amide bonds. The smallest absolute Gasteiger partial charge is 0.134 e. The van der Waals surface area contributed by atoms with Gasteiger partial charge in [0, 0.05) is 40.3 Å². The molecule has 0 aliphatic heterocycles. The van der Waals surface area contributed by atoms with Crippen LogP contribution in [0.15, 0.2) is 36.0 Å². The Labute approximate surface area is 107 Å². The van der Waals surface area contributed by atoms with Gasteiger partial charge in [0.1, 0.15) is 5.82 Å². The second-order valence-corrected chi connectivity index (χ2v) is 5.51. The number of rotatable bonds is 4. The SMILES string of the molecule is c1cc(CCNc2nccc3sccc23)sn1. The number of thiophene rings is 1. The first-order chi connectivity index (χ1) is 8.43. The van der Waals surface area contributed by atoms with E-state index in [-0.39, 0.29) is 0 Å². The zero-order chi connectivity index (χ0) is 11.5. The molecule has 0 bridgehead atoms. The summed E-state index contributed by atoms with van der Waals surface area (Å²) in [5.41, 5.74) is 0. The molecule has 86 valence electrons. The molecular weight excluding hydrogens is 250 g/mol. The number of pyridine rings is 1. The van der Waals surface area contributed by atoms with Crippen molar-refractivity contribution in [2.45, 2.75) is 6.42 Å². The van der Waals surface area contributed by atoms with Gasteiger partial charge in [-0.2, -0.15) is 0 Å². The van der Waals surface area contributed by atoms with E-state index in [1.165, 1.54) is 15.0 Å². The van der Waals surface area contributed by atoms with E-state index >= 15 is 0 Å². The second-order valence-electron chi connectivity index (χ2n) is 3.65. The van der Waals surface area contributed by atoms with Gasteiger partial charge in [-0.15, -0.1) is 11.3 Å². The zero-order valence-corrected chi connectivity index (χ0v) is 10.7. The number of nitrogens with one attached hydrogen (secondary N) is 1. The Kier molecular flexibility index (Phi) is 3.02. The summed E-state index contributed by atoms with van der Waals surface area (Å²) in [4.78, 5) is 5.68. The van der Waals surface area contributed by atoms with Crippen LogP contribution in [0.1, 0.15) is 4.88 Å². The summed E-state index contributed by atoms with van der Waals surface area (Å²) >= 11 is 3.30. The van der Waals surface area contributed by atoms with Gasteiger partial charge in [-0.25, -0.2) is 9.36 Å². The maximum absolute atomic E-state index is 4.38. The summed E-state index contributed by atoms with van der Waals surface area (Å²) in [7, 11) is 0. The predicted molar refractivity (Wildman–Crippen MR) is 73.9 cm³/mol. The van der Waals surface area contributed by atoms with Gasteiger partial charge in [0.15, 0.2) is 0 Å². The monoisotopic (exact) mass is 261 g/mol. The Bertz CT molecular complexity index is 601. The number of hydrogen-bond acceptors (Lipinski definition) is 5. The van der Waals surface area contributed by atoms with Crippen LogP contribution >= 0.6 is 22.9 Å². The molecule has 0 atom stereocenters. The van der Waals surface area contributed by atoms with Crippen molar-refractivity contribution in [2.75, 3.05) is 11.9 Å². The van der Waals surface area contributed by atoms with Crippen LogP contribution in [-0.2, 0) is 6.42 Å². The molecule has 0 radical (unpaired) electrons. The molecule has 3 nitrogen and oxygen atoms in total. The standard InChI is InChI=1S/C12H11N3S2/c1(9-2-7-15-17-9)5-13-12-10-4-8-16-11(10)3-6-14-12/h2-4,6-8H,1,5H2,(H,13,14). The second kappa shape index (κ2) is 4.81. The Morgan fingerprint density at radius 2 is 2.18 bits per heavy atom. The van der Waals surface area contributed by atoms with Crippen molar-refractivity contribution >= 4 is 38.8 Å². The van der Waals surface area contributed by atoms with Gasteiger partial charge in [-0.05, 0) is 35.1 Å². The quantitative estimate of drug-likeness (QED) is 0.782. The van der Waals surface area contributed by atoms with Crippen molar-refractivity contribution in [1.82, 2.24) is 9.36 Å². The van der Waals surface area contributed by atoms with Crippen LogP contribution in [0.3, 0.4) is 0 Å². The normalized spacial score (nSPS) is 10.8. The van der Waals surface area contributed by atoms with Gasteiger partial charge in [0.05, 0.1) is 0 Å². The molecule has 0 fully saturated rings. The van der Waals surface area contributed by atoms with E-state index in [0.29, 0.717) is 0 Å². The molecule has 0 aliphatic carbocycles. The number of hydrogen-bond donors (Lipinski definition) is 1. The minimum absolute atomic E-state index is 0.893. The summed E-state index contributed by atoms with van der Waals surface area (Å²) in [5.74, 6) is 0.980. The number of fused-ring (bicyclic) bond motifs is 1. The van der Waals surface area contributed by atoms with E-state index in [4.69, 9.17) is 0 Å². The van der Waals surface area contributed by atoms with Crippen LogP contribution in [0.5, 0.6) is 0 Å². The number of anilines is 1. The van der Waals surface area contributed by atoms with Crippen molar-refractivity contribution in [3.63, 3.8) is 0 Å². The van der Waals surface area contributed by atoms with Crippen molar-refractivity contribution in [3.8, 4) is 0 Å². The van der Waals surface area contributed by atoms with E-state index in [9.17, 15) is 0 Å². The van der Waals surface area contributed by atoms with Crippen molar-refractivity contribution in [2.24, 2.45) is 0 Å². The third-order valence-corrected chi connectivity index (χ3v) is 4.22. The highest BCUT2D eigenvalue weighted by Crippen LogP contribution is 2.25. The Morgan fingerprint density at radius 1 is 1.18 bits per heavy atom. The fourth-order valence-electron chi connectivity index (χ4n) is 1.71. The first kappa shape index (κ1) is 10.7. The van der Waals surface area contributed by atoms with E-state index in [2.05, 4.69) is 32.2 Å². The number of nitrogens with zero attached hydrogens (tertiary/aromatic N) is 2. The van der Waals surface area contributed by atoms with Gasteiger partial charge in [-0.1, -0.05) is 0 Å². The van der Waals surface area contributed by atoms with E-state index in [0.717, 1.165) is 18.8 Å². The minimum atomic E-state index is 0.893. The summed E-state index contributed by atoms with van der Waals surface area (Å²) in [6, 6.07) is 6.22. The molecule has 0 spiro atoms. The van der Waals surface area contributed by atoms with Crippen LogP contribution in [0.2, 0.25) is 0 Å². The molecule has 0 unspecified atom stereocenters. The highest BCUT2D eigenvalue weighted by atomic mass is 32.1. The van der Waals surface area contributed by atoms with E-state index in [1.54, 1.807) is 22.9 Å². The van der Waals surface area contributed by atoms with E-state index < -0.39 is 0 Å². The summed E-state index contributed by atoms with van der Waals surface area (Å²) in [5, 5.41) is 6.69. The third-order valence-electron chi connectivity index (χ3n) is 2.53. The molecule has 3 aromatic rings. The van der Waals surface area contributed by atoms with E-state index in [1.807, 2.05) is 18.5 Å². The molecule has 0 aromatic carbocycles. The molecule has 17 heavy (non-hydrogen) atoms. The third kappa shape index (κ3) is 2.30.